The van der Waals surface area contributed by atoms with Gasteiger partial charge in [-0.05, 0) is 0 Å². The summed E-state index contributed by atoms with van der Waals surface area (Å²) < 4.78 is 0. The quantitative estimate of drug-likeness (QED) is 0.263. The standard InChI is InChI=1S/Bi.Cr.Pb.Sn.7H. The Balaban J connectivity index is 0. The van der Waals surface area contributed by atoms with E-state index >= 15 is 0 Å². The minimum atomic E-state index is 0. The Morgan fingerprint density at radius 1 is 1.00 bits per heavy atom. The molecule has 0 aliphatic carbocycles. The second-order valence-electron chi connectivity index (χ2n) is 0. The van der Waals surface area contributed by atoms with Gasteiger partial charge in [0, 0.05) is 17.4 Å². The SMILES string of the molecule is [BiH3].[Cr].[PbH2].[SnH2]. The average molecular weight is 594 g/mol. The average Bonchev–Trinajstić information content (AvgIpc) is 0. The molecule has 0 fully saturated rings. The summed E-state index contributed by atoms with van der Waals surface area (Å²) in [4.78, 5) is 0. The van der Waals surface area contributed by atoms with Crippen LogP contribution in [0.3, 0.4) is 0 Å². The van der Waals surface area contributed by atoms with Crippen molar-refractivity contribution in [2.45, 2.75) is 0 Å². The van der Waals surface area contributed by atoms with Gasteiger partial charge in [-0.25, -0.2) is 0 Å². The van der Waals surface area contributed by atoms with Crippen LogP contribution in [-0.4, -0.2) is 77.4 Å². The van der Waals surface area contributed by atoms with Crippen molar-refractivity contribution in [3.8, 4) is 0 Å². The molecule has 4 heavy (non-hydrogen) atoms. The van der Waals surface area contributed by atoms with Crippen LogP contribution in [0.25, 0.3) is 0 Å². The molecule has 0 rings (SSSR count). The van der Waals surface area contributed by atoms with E-state index in [2.05, 4.69) is 0 Å². The number of hydrogen-bond acceptors (Lipinski definition) is 0. The topological polar surface area (TPSA) is 0 Å². The Morgan fingerprint density at radius 2 is 1.00 bits per heavy atom. The van der Waals surface area contributed by atoms with Gasteiger partial charge in [-0.2, -0.15) is 0 Å². The third kappa shape index (κ3) is 8.93. The molecular formula is H7BiCrPbSn. The van der Waals surface area contributed by atoms with Gasteiger partial charge in [0.2, 0.25) is 0 Å². The molecule has 0 saturated heterocycles. The van der Waals surface area contributed by atoms with Crippen LogP contribution in [0.2, 0.25) is 0 Å². The molecule has 0 heterocycles. The first-order valence-corrected chi connectivity index (χ1v) is 0. The molecule has 0 N–H and O–H groups in total. The van der Waals surface area contributed by atoms with Gasteiger partial charge in [-0.1, -0.05) is 0 Å². The van der Waals surface area contributed by atoms with Crippen molar-refractivity contribution in [3.63, 3.8) is 0 Å². The molecule has 0 aliphatic heterocycles. The summed E-state index contributed by atoms with van der Waals surface area (Å²) in [6.45, 7) is 0. The Hall–Kier alpha value is 3.14. The van der Waals surface area contributed by atoms with Gasteiger partial charge in [0.05, 0.1) is 0 Å². The summed E-state index contributed by atoms with van der Waals surface area (Å²) in [7, 11) is 0. The van der Waals surface area contributed by atoms with Crippen molar-refractivity contribution in [3.05, 3.63) is 0 Å². The molecule has 0 aromatic rings. The number of rotatable bonds is 0. The van der Waals surface area contributed by atoms with Crippen molar-refractivity contribution >= 4 is 77.4 Å². The maximum atomic E-state index is 0. The molecule has 0 saturated carbocycles. The van der Waals surface area contributed by atoms with Gasteiger partial charge >= 0.3 is 77.4 Å². The van der Waals surface area contributed by atoms with Gasteiger partial charge in [0.15, 0.2) is 0 Å². The fourth-order valence-corrected chi connectivity index (χ4v) is 0. The van der Waals surface area contributed by atoms with Crippen molar-refractivity contribution < 1.29 is 17.4 Å². The fraction of sp³-hybridized carbons (Fsp3) is 0. The normalized spacial score (nSPS) is 0. The van der Waals surface area contributed by atoms with E-state index in [4.69, 9.17) is 0 Å². The van der Waals surface area contributed by atoms with Crippen LogP contribution in [0.15, 0.2) is 0 Å². The van der Waals surface area contributed by atoms with Crippen molar-refractivity contribution in [1.29, 1.82) is 0 Å². The van der Waals surface area contributed by atoms with E-state index in [1.807, 2.05) is 0 Å². The predicted molar refractivity (Wildman–Crippen MR) is 27.0 cm³/mol. The first-order chi connectivity index (χ1) is 0. The van der Waals surface area contributed by atoms with E-state index in [0.29, 0.717) is 0 Å². The molecule has 26 valence electrons. The van der Waals surface area contributed by atoms with E-state index in [1.54, 1.807) is 0 Å². The molecule has 0 aliphatic rings. The molecule has 0 aromatic carbocycles. The van der Waals surface area contributed by atoms with Crippen molar-refractivity contribution in [2.75, 3.05) is 0 Å². The van der Waals surface area contributed by atoms with Crippen LogP contribution in [0.4, 0.5) is 0 Å². The molecule has 0 amide bonds. The monoisotopic (exact) mass is 596 g/mol. The van der Waals surface area contributed by atoms with E-state index in [9.17, 15) is 0 Å². The molecule has 0 atom stereocenters. The second kappa shape index (κ2) is 16.5. The van der Waals surface area contributed by atoms with E-state index in [0.717, 1.165) is 0 Å². The molecule has 0 aromatic heterocycles. The summed E-state index contributed by atoms with van der Waals surface area (Å²) >= 11 is 0. The zero-order valence-electron chi connectivity index (χ0n) is 2.53. The van der Waals surface area contributed by atoms with Gasteiger partial charge < -0.3 is 0 Å². The van der Waals surface area contributed by atoms with Crippen LogP contribution in [0.5, 0.6) is 0 Å². The van der Waals surface area contributed by atoms with Crippen LogP contribution in [0, 0.1) is 0 Å². The van der Waals surface area contributed by atoms with Gasteiger partial charge in [0.25, 0.3) is 0 Å². The summed E-state index contributed by atoms with van der Waals surface area (Å²) in [5.74, 6) is 0. The zero-order valence-corrected chi connectivity index (χ0v) is 18.8. The summed E-state index contributed by atoms with van der Waals surface area (Å²) in [5.41, 5.74) is 0. The van der Waals surface area contributed by atoms with Gasteiger partial charge in [-0.3, -0.25) is 0 Å². The molecule has 0 spiro atoms. The van der Waals surface area contributed by atoms with Crippen molar-refractivity contribution in [2.24, 2.45) is 0 Å². The molecular weight excluding hydrogens is 587 g/mol. The minimum absolute atomic E-state index is 0. The van der Waals surface area contributed by atoms with Crippen molar-refractivity contribution in [1.82, 2.24) is 0 Å². The van der Waals surface area contributed by atoms with E-state index < -0.39 is 0 Å². The first-order valence-electron chi connectivity index (χ1n) is 0. The molecule has 4 radical (unpaired) electrons. The Morgan fingerprint density at radius 3 is 1.00 bits per heavy atom. The van der Waals surface area contributed by atoms with Crippen LogP contribution >= 0.6 is 0 Å². The maximum absolute atomic E-state index is 0. The van der Waals surface area contributed by atoms with Gasteiger partial charge in [-0.15, -0.1) is 0 Å². The predicted octanol–water partition coefficient (Wildman–Crippen LogP) is -3.02. The number of hydrogen-bond donors (Lipinski definition) is 0. The van der Waals surface area contributed by atoms with Crippen LogP contribution < -0.4 is 0 Å². The molecule has 4 heteroatoms. The summed E-state index contributed by atoms with van der Waals surface area (Å²) in [6, 6.07) is 0. The summed E-state index contributed by atoms with van der Waals surface area (Å²) in [5, 5.41) is 0. The van der Waals surface area contributed by atoms with Crippen LogP contribution in [0.1, 0.15) is 0 Å². The zero-order chi connectivity index (χ0) is 0. The second-order valence-corrected chi connectivity index (χ2v) is 0. The Kier molecular flexibility index (Phi) is 112. The molecule has 0 unspecified atom stereocenters. The molecule has 0 bridgehead atoms. The third-order valence-corrected chi connectivity index (χ3v) is 0. The fourth-order valence-electron chi connectivity index (χ4n) is 0. The summed E-state index contributed by atoms with van der Waals surface area (Å²) in [6.07, 6.45) is 0. The third-order valence-electron chi connectivity index (χ3n) is 0. The molecule has 0 nitrogen and oxygen atoms in total. The first kappa shape index (κ1) is 27.3. The van der Waals surface area contributed by atoms with E-state index in [-0.39, 0.29) is 94.8 Å². The van der Waals surface area contributed by atoms with Crippen LogP contribution in [-0.2, 0) is 17.4 Å². The van der Waals surface area contributed by atoms with E-state index in [1.165, 1.54) is 0 Å². The van der Waals surface area contributed by atoms with Gasteiger partial charge in [0.1, 0.15) is 0 Å². The Bertz CT molecular complexity index is 8.00. The Labute approximate surface area is 92.9 Å².